The molecule has 2 fully saturated rings. The summed E-state index contributed by atoms with van der Waals surface area (Å²) in [6.45, 7) is 15.3. The second-order valence-electron chi connectivity index (χ2n) is 18.1. The average molecular weight is 861 g/mol. The number of benzene rings is 2. The fourth-order valence-corrected chi connectivity index (χ4v) is 9.55. The number of rotatable bonds is 9. The lowest BCUT2D eigenvalue weighted by molar-refractivity contribution is -0.157. The maximum atomic E-state index is 14.9. The molecular formula is C48H60N8O7. The van der Waals surface area contributed by atoms with Crippen LogP contribution in [0.25, 0.3) is 33.3 Å². The number of likely N-dealkylation sites (N-methyl/N-ethyl adjacent to an activating group) is 1. The number of amides is 4. The lowest BCUT2D eigenvalue weighted by Crippen LogP contribution is -2.63. The molecule has 3 aliphatic heterocycles. The van der Waals surface area contributed by atoms with Crippen LogP contribution in [-0.2, 0) is 46.4 Å². The van der Waals surface area contributed by atoms with Crippen LogP contribution < -0.4 is 10.7 Å². The predicted molar refractivity (Wildman–Crippen MR) is 238 cm³/mol. The van der Waals surface area contributed by atoms with Gasteiger partial charge in [0.25, 0.3) is 5.91 Å². The Bertz CT molecular complexity index is 2380. The Morgan fingerprint density at radius 3 is 2.51 bits per heavy atom. The van der Waals surface area contributed by atoms with Gasteiger partial charge in [-0.1, -0.05) is 58.5 Å². The lowest BCUT2D eigenvalue weighted by Gasteiger charge is -2.38. The van der Waals surface area contributed by atoms with Crippen molar-refractivity contribution < 1.29 is 33.4 Å². The minimum atomic E-state index is -1.28. The highest BCUT2D eigenvalue weighted by atomic mass is 16.5. The summed E-state index contributed by atoms with van der Waals surface area (Å²) in [6.07, 6.45) is 7.41. The van der Waals surface area contributed by atoms with Crippen molar-refractivity contribution in [2.45, 2.75) is 91.1 Å². The van der Waals surface area contributed by atoms with Crippen LogP contribution in [0.15, 0.2) is 73.8 Å². The lowest BCUT2D eigenvalue weighted by atomic mass is 9.84. The average Bonchev–Trinajstić information content (AvgIpc) is 3.90. The van der Waals surface area contributed by atoms with Crippen molar-refractivity contribution in [2.24, 2.45) is 17.3 Å². The summed E-state index contributed by atoms with van der Waals surface area (Å²) in [7, 11) is 3.08. The molecule has 0 aliphatic carbocycles. The minimum absolute atomic E-state index is 0.125. The Morgan fingerprint density at radius 1 is 1.06 bits per heavy atom. The van der Waals surface area contributed by atoms with Gasteiger partial charge < -0.3 is 29.2 Å². The van der Waals surface area contributed by atoms with Gasteiger partial charge in [-0.05, 0) is 85.1 Å². The molecule has 15 nitrogen and oxygen atoms in total. The quantitative estimate of drug-likeness (QED) is 0.171. The van der Waals surface area contributed by atoms with Crippen LogP contribution in [0.5, 0.6) is 0 Å². The van der Waals surface area contributed by atoms with Crippen LogP contribution in [-0.4, -0.2) is 117 Å². The maximum absolute atomic E-state index is 14.9. The van der Waals surface area contributed by atoms with E-state index in [4.69, 9.17) is 9.47 Å². The molecule has 0 spiro atoms. The third-order valence-electron chi connectivity index (χ3n) is 12.7. The molecule has 0 radical (unpaired) electrons. The SMILES string of the molecule is C=CC(=O)N1CC[C@H](C(=O)N(C)C(C(=O)N[C@@H]2C(=O)N3CCC[C@H](N3)C(=O)OCC(C)(C)Cc3c(-c4cncnc4)n(CC)c4ccc(cc34)-c3cccc(c3)[C@H]2OC)C(C)C)C1. The Hall–Kier alpha value is -5.93. The number of nitrogens with one attached hydrogen (secondary N) is 2. The molecule has 334 valence electrons. The highest BCUT2D eigenvalue weighted by Crippen LogP contribution is 2.40. The number of carbonyl (C=O) groups excluding carboxylic acids is 5. The van der Waals surface area contributed by atoms with Gasteiger partial charge in [-0.2, -0.15) is 0 Å². The number of fused-ring (bicyclic) bond motifs is 6. The topological polar surface area (TPSA) is 168 Å². The van der Waals surface area contributed by atoms with Gasteiger partial charge in [-0.15, -0.1) is 0 Å². The Balaban J connectivity index is 1.31. The molecule has 7 rings (SSSR count). The van der Waals surface area contributed by atoms with E-state index in [0.29, 0.717) is 44.3 Å². The van der Waals surface area contributed by atoms with E-state index >= 15 is 0 Å². The molecule has 1 unspecified atom stereocenters. The number of ether oxygens (including phenoxy) is 2. The minimum Gasteiger partial charge on any atom is -0.464 e. The normalized spacial score (nSPS) is 22.0. The van der Waals surface area contributed by atoms with Gasteiger partial charge >= 0.3 is 5.97 Å². The standard InChI is InChI=1S/C48H60N8O7/c1-9-39(57)54-20-18-33(26-54)45(59)53(7)41(29(3)4)44(58)51-40-43(62-8)32-14-11-13-30(21-32)31-16-17-38-35(22-31)36(42(55(38)10-2)34-24-49-28-50-25-34)23-48(5,6)27-63-47(61)37-15-12-19-56(52-37)46(40)60/h9,11,13-14,16-17,21-22,24-25,28-29,33,37,40-41,43,52H,1,10,12,15,18-20,23,26-27H2,2-8H3,(H,51,58)/t33-,37-,40-,41?,43+/m0/s1. The second-order valence-corrected chi connectivity index (χ2v) is 18.1. The van der Waals surface area contributed by atoms with Crippen molar-refractivity contribution in [3.8, 4) is 22.4 Å². The van der Waals surface area contributed by atoms with E-state index in [9.17, 15) is 24.0 Å². The number of hydrogen-bond acceptors (Lipinski definition) is 10. The summed E-state index contributed by atoms with van der Waals surface area (Å²) < 4.78 is 14.5. The Labute approximate surface area is 369 Å². The smallest absolute Gasteiger partial charge is 0.324 e. The van der Waals surface area contributed by atoms with Gasteiger partial charge in [0.15, 0.2) is 0 Å². The van der Waals surface area contributed by atoms with E-state index in [1.807, 2.05) is 50.5 Å². The molecule has 2 N–H and O–H groups in total. The van der Waals surface area contributed by atoms with Gasteiger partial charge in [0.2, 0.25) is 17.7 Å². The molecule has 5 atom stereocenters. The van der Waals surface area contributed by atoms with Gasteiger partial charge in [-0.3, -0.25) is 29.0 Å². The third-order valence-corrected chi connectivity index (χ3v) is 12.7. The fraction of sp³-hybridized carbons (Fsp3) is 0.479. The van der Waals surface area contributed by atoms with E-state index < -0.39 is 53.3 Å². The summed E-state index contributed by atoms with van der Waals surface area (Å²) in [5.41, 5.74) is 9.11. The number of carbonyl (C=O) groups is 5. The van der Waals surface area contributed by atoms with E-state index in [1.165, 1.54) is 29.4 Å². The zero-order chi connectivity index (χ0) is 45.2. The number of aromatic nitrogens is 3. The number of cyclic esters (lactones) is 1. The molecule has 6 bridgehead atoms. The van der Waals surface area contributed by atoms with Gasteiger partial charge in [0.05, 0.1) is 18.2 Å². The monoisotopic (exact) mass is 860 g/mol. The van der Waals surface area contributed by atoms with E-state index in [0.717, 1.165) is 38.9 Å². The van der Waals surface area contributed by atoms with Crippen LogP contribution in [0.2, 0.25) is 0 Å². The number of nitrogens with zero attached hydrogens (tertiary/aromatic N) is 6. The molecular weight excluding hydrogens is 801 g/mol. The molecule has 2 aromatic carbocycles. The van der Waals surface area contributed by atoms with Gasteiger partial charge in [-0.25, -0.2) is 15.4 Å². The zero-order valence-corrected chi connectivity index (χ0v) is 37.4. The van der Waals surface area contributed by atoms with E-state index in [1.54, 1.807) is 11.9 Å². The summed E-state index contributed by atoms with van der Waals surface area (Å²) in [5, 5.41) is 5.45. The van der Waals surface area contributed by atoms with Crippen molar-refractivity contribution in [3.05, 3.63) is 85.0 Å². The van der Waals surface area contributed by atoms with Crippen molar-refractivity contribution in [2.75, 3.05) is 40.4 Å². The van der Waals surface area contributed by atoms with Crippen molar-refractivity contribution in [1.29, 1.82) is 0 Å². The van der Waals surface area contributed by atoms with Crippen molar-refractivity contribution in [3.63, 3.8) is 0 Å². The summed E-state index contributed by atoms with van der Waals surface area (Å²) in [5.74, 6) is -2.87. The largest absolute Gasteiger partial charge is 0.464 e. The van der Waals surface area contributed by atoms with Crippen LogP contribution in [0, 0.1) is 17.3 Å². The number of hydrazine groups is 1. The van der Waals surface area contributed by atoms with Crippen LogP contribution >= 0.6 is 0 Å². The number of methoxy groups -OCH3 is 1. The molecule has 0 saturated carbocycles. The van der Waals surface area contributed by atoms with Crippen LogP contribution in [0.3, 0.4) is 0 Å². The Kier molecular flexibility index (Phi) is 13.5. The second kappa shape index (κ2) is 18.8. The van der Waals surface area contributed by atoms with Crippen molar-refractivity contribution >= 4 is 40.5 Å². The van der Waals surface area contributed by atoms with Crippen LogP contribution in [0.1, 0.15) is 71.1 Å². The molecule has 2 aromatic heterocycles. The number of likely N-dealkylation sites (tertiary alicyclic amines) is 1. The third kappa shape index (κ3) is 9.26. The fourth-order valence-electron chi connectivity index (χ4n) is 9.55. The summed E-state index contributed by atoms with van der Waals surface area (Å²) in [4.78, 5) is 81.4. The summed E-state index contributed by atoms with van der Waals surface area (Å²) >= 11 is 0. The summed E-state index contributed by atoms with van der Waals surface area (Å²) in [6, 6.07) is 11.1. The van der Waals surface area contributed by atoms with Crippen molar-refractivity contribution in [1.82, 2.24) is 40.1 Å². The highest BCUT2D eigenvalue weighted by molar-refractivity contribution is 5.96. The Morgan fingerprint density at radius 2 is 1.81 bits per heavy atom. The number of esters is 1. The number of hydrogen-bond donors (Lipinski definition) is 2. The molecule has 63 heavy (non-hydrogen) atoms. The molecule has 15 heteroatoms. The molecule has 3 aliphatic rings. The molecule has 4 aromatic rings. The number of aryl methyl sites for hydroxylation is 1. The first kappa shape index (κ1) is 45.1. The highest BCUT2D eigenvalue weighted by Gasteiger charge is 2.42. The van der Waals surface area contributed by atoms with E-state index in [2.05, 4.69) is 70.8 Å². The zero-order valence-electron chi connectivity index (χ0n) is 37.4. The predicted octanol–water partition coefficient (Wildman–Crippen LogP) is 5.10. The maximum Gasteiger partial charge on any atom is 0.324 e. The molecule has 4 amide bonds. The first-order valence-electron chi connectivity index (χ1n) is 21.9. The van der Waals surface area contributed by atoms with Crippen LogP contribution in [0.4, 0.5) is 0 Å². The van der Waals surface area contributed by atoms with Gasteiger partial charge in [0, 0.05) is 74.6 Å². The molecule has 2 saturated heterocycles. The first-order chi connectivity index (χ1) is 30.2. The van der Waals surface area contributed by atoms with Gasteiger partial charge in [0.1, 0.15) is 30.6 Å². The first-order valence-corrected chi connectivity index (χ1v) is 21.9. The molecule has 5 heterocycles. The van der Waals surface area contributed by atoms with E-state index in [-0.39, 0.29) is 37.4 Å².